The van der Waals surface area contributed by atoms with Gasteiger partial charge in [0.2, 0.25) is 5.91 Å². The van der Waals surface area contributed by atoms with E-state index in [9.17, 15) is 9.18 Å². The molecule has 0 radical (unpaired) electrons. The maximum atomic E-state index is 13.5. The smallest absolute Gasteiger partial charge is 0.237 e. The lowest BCUT2D eigenvalue weighted by atomic mass is 10.0. The average molecular weight is 367 g/mol. The maximum absolute atomic E-state index is 13.5. The Morgan fingerprint density at radius 2 is 2.04 bits per heavy atom. The second-order valence-electron chi connectivity index (χ2n) is 5.68. The number of fused-ring (bicyclic) bond motifs is 1. The van der Waals surface area contributed by atoms with Crippen LogP contribution in [0.2, 0.25) is 0 Å². The van der Waals surface area contributed by atoms with Crippen molar-refractivity contribution < 1.29 is 9.18 Å². The van der Waals surface area contributed by atoms with Crippen LogP contribution in [0, 0.1) is 5.82 Å². The van der Waals surface area contributed by atoms with E-state index in [-0.39, 0.29) is 30.2 Å². The molecule has 2 aromatic carbocycles. The van der Waals surface area contributed by atoms with Crippen LogP contribution in [0.15, 0.2) is 53.4 Å². The first-order valence-corrected chi connectivity index (χ1v) is 8.64. The number of hydrogen-bond acceptors (Lipinski definition) is 3. The summed E-state index contributed by atoms with van der Waals surface area (Å²) in [5, 5.41) is 2.98. The largest absolute Gasteiger partial charge is 0.348 e. The zero-order valence-electron chi connectivity index (χ0n) is 13.1. The summed E-state index contributed by atoms with van der Waals surface area (Å²) >= 11 is 1.69. The molecule has 0 fully saturated rings. The molecule has 2 aromatic rings. The average Bonchev–Trinajstić information content (AvgIpc) is 2.56. The van der Waals surface area contributed by atoms with E-state index in [0.29, 0.717) is 6.42 Å². The lowest BCUT2D eigenvalue weighted by Crippen LogP contribution is -2.44. The monoisotopic (exact) mass is 366 g/mol. The molecule has 3 rings (SSSR count). The highest BCUT2D eigenvalue weighted by atomic mass is 35.5. The molecule has 6 heteroatoms. The van der Waals surface area contributed by atoms with Crippen molar-refractivity contribution in [3.63, 3.8) is 0 Å². The van der Waals surface area contributed by atoms with E-state index in [0.717, 1.165) is 28.2 Å². The van der Waals surface area contributed by atoms with Crippen molar-refractivity contribution in [2.75, 3.05) is 5.75 Å². The number of halogens is 2. The van der Waals surface area contributed by atoms with Crippen LogP contribution in [0.1, 0.15) is 23.6 Å². The number of thioether (sulfide) groups is 1. The maximum Gasteiger partial charge on any atom is 0.237 e. The van der Waals surface area contributed by atoms with E-state index in [1.807, 2.05) is 30.3 Å². The Labute approximate surface area is 151 Å². The molecule has 3 N–H and O–H groups in total. The number of carbonyl (C=O) groups excluding carboxylic acids is 1. The molecule has 3 nitrogen and oxygen atoms in total. The van der Waals surface area contributed by atoms with Gasteiger partial charge in [-0.05, 0) is 42.2 Å². The first-order chi connectivity index (χ1) is 11.1. The molecule has 0 spiro atoms. The van der Waals surface area contributed by atoms with Crippen molar-refractivity contribution in [2.24, 2.45) is 5.73 Å². The first-order valence-electron chi connectivity index (χ1n) is 7.65. The van der Waals surface area contributed by atoms with Crippen LogP contribution in [0.4, 0.5) is 4.39 Å². The molecule has 0 bridgehead atoms. The summed E-state index contributed by atoms with van der Waals surface area (Å²) < 4.78 is 13.5. The summed E-state index contributed by atoms with van der Waals surface area (Å²) in [6, 6.07) is 13.7. The van der Waals surface area contributed by atoms with E-state index >= 15 is 0 Å². The molecule has 0 saturated carbocycles. The molecular formula is C18H20ClFN2OS. The molecular weight excluding hydrogens is 347 g/mol. The van der Waals surface area contributed by atoms with Gasteiger partial charge in [0.05, 0.1) is 12.1 Å². The summed E-state index contributed by atoms with van der Waals surface area (Å²) in [6.07, 6.45) is 1.27. The van der Waals surface area contributed by atoms with Gasteiger partial charge >= 0.3 is 0 Å². The third-order valence-corrected chi connectivity index (χ3v) is 5.09. The number of carbonyl (C=O) groups is 1. The van der Waals surface area contributed by atoms with Crippen LogP contribution < -0.4 is 11.1 Å². The Morgan fingerprint density at radius 3 is 2.79 bits per heavy atom. The van der Waals surface area contributed by atoms with E-state index in [1.54, 1.807) is 17.8 Å². The Morgan fingerprint density at radius 1 is 1.29 bits per heavy atom. The van der Waals surface area contributed by atoms with Gasteiger partial charge in [-0.2, -0.15) is 0 Å². The molecule has 1 amide bonds. The highest BCUT2D eigenvalue weighted by Gasteiger charge is 2.25. The number of benzene rings is 2. The molecule has 1 aliphatic heterocycles. The van der Waals surface area contributed by atoms with Crippen LogP contribution >= 0.6 is 24.2 Å². The fourth-order valence-corrected chi connectivity index (χ4v) is 3.86. The van der Waals surface area contributed by atoms with E-state index in [2.05, 4.69) is 5.32 Å². The van der Waals surface area contributed by atoms with Gasteiger partial charge in [-0.15, -0.1) is 24.2 Å². The minimum atomic E-state index is -0.607. The third-order valence-electron chi connectivity index (χ3n) is 3.96. The number of nitrogens with one attached hydrogen (secondary N) is 1. The van der Waals surface area contributed by atoms with Gasteiger partial charge in [-0.25, -0.2) is 4.39 Å². The number of rotatable bonds is 4. The molecule has 128 valence electrons. The van der Waals surface area contributed by atoms with Crippen molar-refractivity contribution in [3.8, 4) is 0 Å². The molecule has 0 aromatic heterocycles. The zero-order valence-corrected chi connectivity index (χ0v) is 14.7. The van der Waals surface area contributed by atoms with Gasteiger partial charge in [-0.3, -0.25) is 4.79 Å². The minimum Gasteiger partial charge on any atom is -0.348 e. The molecule has 2 atom stereocenters. The Bertz CT molecular complexity index is 699. The zero-order chi connectivity index (χ0) is 16.2. The van der Waals surface area contributed by atoms with Crippen molar-refractivity contribution in [3.05, 3.63) is 65.5 Å². The lowest BCUT2D eigenvalue weighted by molar-refractivity contribution is -0.123. The summed E-state index contributed by atoms with van der Waals surface area (Å²) in [5.74, 6) is 0.428. The topological polar surface area (TPSA) is 55.1 Å². The van der Waals surface area contributed by atoms with Crippen molar-refractivity contribution in [2.45, 2.75) is 29.8 Å². The highest BCUT2D eigenvalue weighted by Crippen LogP contribution is 2.36. The van der Waals surface area contributed by atoms with Crippen LogP contribution in [0.5, 0.6) is 0 Å². The molecule has 1 aliphatic rings. The highest BCUT2D eigenvalue weighted by molar-refractivity contribution is 7.99. The summed E-state index contributed by atoms with van der Waals surface area (Å²) in [6.45, 7) is 0. The van der Waals surface area contributed by atoms with Gasteiger partial charge < -0.3 is 11.1 Å². The van der Waals surface area contributed by atoms with Crippen molar-refractivity contribution in [1.29, 1.82) is 0 Å². The van der Waals surface area contributed by atoms with Crippen LogP contribution in [0.3, 0.4) is 0 Å². The van der Waals surface area contributed by atoms with Crippen molar-refractivity contribution >= 4 is 30.1 Å². The molecule has 24 heavy (non-hydrogen) atoms. The second kappa shape index (κ2) is 8.51. The summed E-state index contributed by atoms with van der Waals surface area (Å²) in [5.41, 5.74) is 7.90. The van der Waals surface area contributed by atoms with Crippen molar-refractivity contribution in [1.82, 2.24) is 5.32 Å². The van der Waals surface area contributed by atoms with Crippen LogP contribution in [0.25, 0.3) is 0 Å². The van der Waals surface area contributed by atoms with Crippen LogP contribution in [-0.4, -0.2) is 17.7 Å². The Kier molecular flexibility index (Phi) is 6.66. The predicted octanol–water partition coefficient (Wildman–Crippen LogP) is 3.47. The van der Waals surface area contributed by atoms with Gasteiger partial charge in [0.1, 0.15) is 5.82 Å². The molecule has 1 unspecified atom stereocenters. The van der Waals surface area contributed by atoms with E-state index < -0.39 is 6.04 Å². The summed E-state index contributed by atoms with van der Waals surface area (Å²) in [4.78, 5) is 13.4. The van der Waals surface area contributed by atoms with Gasteiger partial charge in [0, 0.05) is 10.6 Å². The minimum absolute atomic E-state index is 0. The third kappa shape index (κ3) is 4.50. The van der Waals surface area contributed by atoms with E-state index in [4.69, 9.17) is 5.73 Å². The van der Waals surface area contributed by atoms with Gasteiger partial charge in [0.15, 0.2) is 0 Å². The SMILES string of the molecule is Cl.N[C@@H](Cc1ccccc1)C(=O)NC1CCSc2ccc(F)cc21. The number of nitrogens with two attached hydrogens (primary N) is 1. The number of hydrogen-bond donors (Lipinski definition) is 2. The summed E-state index contributed by atoms with van der Waals surface area (Å²) in [7, 11) is 0. The predicted molar refractivity (Wildman–Crippen MR) is 98.0 cm³/mol. The fraction of sp³-hybridized carbons (Fsp3) is 0.278. The fourth-order valence-electron chi connectivity index (χ4n) is 2.75. The van der Waals surface area contributed by atoms with Crippen LogP contribution in [-0.2, 0) is 11.2 Å². The number of amides is 1. The normalized spacial score (nSPS) is 17.3. The molecule has 0 saturated heterocycles. The van der Waals surface area contributed by atoms with Gasteiger partial charge in [0.25, 0.3) is 0 Å². The first kappa shape index (κ1) is 18.8. The Balaban J connectivity index is 0.00000208. The van der Waals surface area contributed by atoms with Gasteiger partial charge in [-0.1, -0.05) is 30.3 Å². The quantitative estimate of drug-likeness (QED) is 0.871. The lowest BCUT2D eigenvalue weighted by Gasteiger charge is -2.27. The standard InChI is InChI=1S/C18H19FN2OS.ClH/c19-13-6-7-17-14(11-13)16(8-9-23-17)21-18(22)15(20)10-12-4-2-1-3-5-12;/h1-7,11,15-16H,8-10,20H2,(H,21,22);1H/t15-,16?;/m0./s1. The second-order valence-corrected chi connectivity index (χ2v) is 6.81. The molecule has 1 heterocycles. The molecule has 0 aliphatic carbocycles. The Hall–Kier alpha value is -1.56. The van der Waals surface area contributed by atoms with E-state index in [1.165, 1.54) is 12.1 Å².